The number of rotatable bonds is 3. The van der Waals surface area contributed by atoms with Crippen molar-refractivity contribution in [1.29, 1.82) is 0 Å². The highest BCUT2D eigenvalue weighted by molar-refractivity contribution is 7.15. The van der Waals surface area contributed by atoms with Gasteiger partial charge in [0.05, 0.1) is 23.8 Å². The van der Waals surface area contributed by atoms with Crippen molar-refractivity contribution in [2.45, 2.75) is 27.7 Å². The van der Waals surface area contributed by atoms with Crippen LogP contribution in [0.3, 0.4) is 0 Å². The van der Waals surface area contributed by atoms with Crippen molar-refractivity contribution in [2.24, 2.45) is 0 Å². The minimum absolute atomic E-state index is 0.765. The first-order valence-corrected chi connectivity index (χ1v) is 9.62. The molecule has 3 aromatic rings. The van der Waals surface area contributed by atoms with Crippen LogP contribution in [-0.4, -0.2) is 50.9 Å². The highest BCUT2D eigenvalue weighted by Gasteiger charge is 2.21. The lowest BCUT2D eigenvalue weighted by Crippen LogP contribution is -2.46. The van der Waals surface area contributed by atoms with E-state index in [4.69, 9.17) is 4.98 Å². The second-order valence-electron chi connectivity index (χ2n) is 6.69. The van der Waals surface area contributed by atoms with E-state index in [1.165, 1.54) is 4.88 Å². The molecule has 0 saturated carbocycles. The van der Waals surface area contributed by atoms with Crippen molar-refractivity contribution >= 4 is 22.3 Å². The average molecular weight is 369 g/mol. The fourth-order valence-corrected chi connectivity index (χ4v) is 4.14. The van der Waals surface area contributed by atoms with Crippen molar-refractivity contribution in [3.8, 4) is 5.82 Å². The van der Waals surface area contributed by atoms with Gasteiger partial charge in [-0.05, 0) is 33.8 Å². The van der Waals surface area contributed by atoms with Crippen LogP contribution in [0, 0.1) is 27.7 Å². The van der Waals surface area contributed by atoms with Crippen LogP contribution in [0.15, 0.2) is 18.5 Å². The second-order valence-corrected chi connectivity index (χ2v) is 7.87. The third-order valence-corrected chi connectivity index (χ3v) is 5.86. The SMILES string of the molecule is Cc1cc(C)n(-c2cncc(N3CCN(c4nc(C)c(C)s4)CC3)n2)n1. The summed E-state index contributed by atoms with van der Waals surface area (Å²) in [4.78, 5) is 19.8. The number of aryl methyl sites for hydroxylation is 4. The first-order chi connectivity index (χ1) is 12.5. The zero-order valence-corrected chi connectivity index (χ0v) is 16.4. The predicted molar refractivity (Wildman–Crippen MR) is 105 cm³/mol. The summed E-state index contributed by atoms with van der Waals surface area (Å²) < 4.78 is 1.85. The van der Waals surface area contributed by atoms with Gasteiger partial charge in [0.25, 0.3) is 0 Å². The molecule has 4 rings (SSSR count). The van der Waals surface area contributed by atoms with Crippen LogP contribution in [0.5, 0.6) is 0 Å². The molecule has 0 spiro atoms. The third kappa shape index (κ3) is 3.16. The summed E-state index contributed by atoms with van der Waals surface area (Å²) in [6.07, 6.45) is 3.60. The van der Waals surface area contributed by atoms with Crippen molar-refractivity contribution in [2.75, 3.05) is 36.0 Å². The first-order valence-electron chi connectivity index (χ1n) is 8.81. The Morgan fingerprint density at radius 3 is 2.19 bits per heavy atom. The van der Waals surface area contributed by atoms with E-state index in [2.05, 4.69) is 38.7 Å². The molecule has 3 aromatic heterocycles. The first kappa shape index (κ1) is 17.0. The minimum atomic E-state index is 0.765. The van der Waals surface area contributed by atoms with E-state index in [9.17, 15) is 0 Å². The van der Waals surface area contributed by atoms with E-state index < -0.39 is 0 Å². The largest absolute Gasteiger partial charge is 0.352 e. The quantitative estimate of drug-likeness (QED) is 0.707. The van der Waals surface area contributed by atoms with E-state index in [1.807, 2.05) is 30.8 Å². The zero-order valence-electron chi connectivity index (χ0n) is 15.6. The Balaban J connectivity index is 1.49. The van der Waals surface area contributed by atoms with E-state index >= 15 is 0 Å². The Bertz CT molecular complexity index is 902. The van der Waals surface area contributed by atoms with Gasteiger partial charge in [-0.25, -0.2) is 14.6 Å². The lowest BCUT2D eigenvalue weighted by atomic mass is 10.3. The van der Waals surface area contributed by atoms with Crippen LogP contribution in [0.2, 0.25) is 0 Å². The van der Waals surface area contributed by atoms with Gasteiger partial charge in [0.1, 0.15) is 5.82 Å². The van der Waals surface area contributed by atoms with Crippen LogP contribution in [0.25, 0.3) is 5.82 Å². The molecule has 0 unspecified atom stereocenters. The van der Waals surface area contributed by atoms with E-state index in [0.29, 0.717) is 0 Å². The molecule has 7 nitrogen and oxygen atoms in total. The molecule has 0 N–H and O–H groups in total. The molecule has 136 valence electrons. The van der Waals surface area contributed by atoms with E-state index in [1.54, 1.807) is 17.5 Å². The highest BCUT2D eigenvalue weighted by atomic mass is 32.1. The number of piperazine rings is 1. The number of nitrogens with zero attached hydrogens (tertiary/aromatic N) is 7. The van der Waals surface area contributed by atoms with Crippen molar-refractivity contribution < 1.29 is 0 Å². The summed E-state index contributed by atoms with van der Waals surface area (Å²) in [5.74, 6) is 1.67. The molecule has 0 aliphatic carbocycles. The standard InChI is InChI=1S/C18H23N7S/c1-12-9-13(2)25(22-12)17-11-19-10-16(21-17)23-5-7-24(8-6-23)18-20-14(3)15(4)26-18/h9-11H,5-8H2,1-4H3. The Morgan fingerprint density at radius 2 is 1.58 bits per heavy atom. The minimum Gasteiger partial charge on any atom is -0.352 e. The van der Waals surface area contributed by atoms with Gasteiger partial charge < -0.3 is 9.80 Å². The Labute approximate surface area is 157 Å². The van der Waals surface area contributed by atoms with Crippen molar-refractivity contribution in [3.05, 3.63) is 40.4 Å². The van der Waals surface area contributed by atoms with Gasteiger partial charge in [0.15, 0.2) is 10.9 Å². The van der Waals surface area contributed by atoms with Crippen LogP contribution in [0.1, 0.15) is 22.0 Å². The fourth-order valence-electron chi connectivity index (χ4n) is 3.18. The number of anilines is 2. The third-order valence-electron chi connectivity index (χ3n) is 4.73. The molecule has 0 radical (unpaired) electrons. The number of aromatic nitrogens is 5. The lowest BCUT2D eigenvalue weighted by molar-refractivity contribution is 0.642. The van der Waals surface area contributed by atoms with Gasteiger partial charge in [-0.15, -0.1) is 11.3 Å². The highest BCUT2D eigenvalue weighted by Crippen LogP contribution is 2.26. The summed E-state index contributed by atoms with van der Waals surface area (Å²) in [5, 5.41) is 5.64. The topological polar surface area (TPSA) is 63.0 Å². The zero-order chi connectivity index (χ0) is 18.3. The molecule has 26 heavy (non-hydrogen) atoms. The Hall–Kier alpha value is -2.48. The number of hydrogen-bond donors (Lipinski definition) is 0. The second kappa shape index (κ2) is 6.68. The maximum absolute atomic E-state index is 4.79. The Morgan fingerprint density at radius 1 is 0.885 bits per heavy atom. The molecular formula is C18H23N7S. The Kier molecular flexibility index (Phi) is 4.36. The van der Waals surface area contributed by atoms with Crippen LogP contribution < -0.4 is 9.80 Å². The monoisotopic (exact) mass is 369 g/mol. The summed E-state index contributed by atoms with van der Waals surface area (Å²) in [5.41, 5.74) is 3.18. The molecule has 1 aliphatic heterocycles. The van der Waals surface area contributed by atoms with Gasteiger partial charge in [0, 0.05) is 36.8 Å². The van der Waals surface area contributed by atoms with Crippen molar-refractivity contribution in [3.63, 3.8) is 0 Å². The van der Waals surface area contributed by atoms with Gasteiger partial charge in [0.2, 0.25) is 0 Å². The number of thiazole rings is 1. The molecule has 8 heteroatoms. The normalized spacial score (nSPS) is 14.9. The molecule has 1 fully saturated rings. The predicted octanol–water partition coefficient (Wildman–Crippen LogP) is 2.68. The lowest BCUT2D eigenvalue weighted by Gasteiger charge is -2.35. The smallest absolute Gasteiger partial charge is 0.185 e. The summed E-state index contributed by atoms with van der Waals surface area (Å²) in [6, 6.07) is 2.05. The molecule has 1 aliphatic rings. The molecule has 0 aromatic carbocycles. The van der Waals surface area contributed by atoms with Crippen LogP contribution in [-0.2, 0) is 0 Å². The maximum atomic E-state index is 4.79. The van der Waals surface area contributed by atoms with Gasteiger partial charge in [-0.1, -0.05) is 0 Å². The summed E-state index contributed by atoms with van der Waals surface area (Å²) in [7, 11) is 0. The summed E-state index contributed by atoms with van der Waals surface area (Å²) in [6.45, 7) is 11.9. The molecule has 1 saturated heterocycles. The van der Waals surface area contributed by atoms with Gasteiger partial charge >= 0.3 is 0 Å². The van der Waals surface area contributed by atoms with Crippen molar-refractivity contribution in [1.82, 2.24) is 24.7 Å². The molecule has 0 bridgehead atoms. The average Bonchev–Trinajstić information content (AvgIpc) is 3.16. The molecule has 0 atom stereocenters. The molecule has 0 amide bonds. The number of hydrogen-bond acceptors (Lipinski definition) is 7. The van der Waals surface area contributed by atoms with Crippen LogP contribution >= 0.6 is 11.3 Å². The van der Waals surface area contributed by atoms with Crippen LogP contribution in [0.4, 0.5) is 10.9 Å². The molecular weight excluding hydrogens is 346 g/mol. The van der Waals surface area contributed by atoms with Gasteiger partial charge in [-0.3, -0.25) is 4.98 Å². The van der Waals surface area contributed by atoms with E-state index in [0.717, 1.165) is 60.0 Å². The van der Waals surface area contributed by atoms with Gasteiger partial charge in [-0.2, -0.15) is 5.10 Å². The fraction of sp³-hybridized carbons (Fsp3) is 0.444. The molecule has 4 heterocycles. The maximum Gasteiger partial charge on any atom is 0.185 e. The summed E-state index contributed by atoms with van der Waals surface area (Å²) >= 11 is 1.78. The van der Waals surface area contributed by atoms with E-state index in [-0.39, 0.29) is 0 Å².